The fraction of sp³-hybridized carbons (Fsp3) is 0.667. The largest absolute Gasteiger partial charge is 0.308 e. The predicted molar refractivity (Wildman–Crippen MR) is 60.7 cm³/mol. The van der Waals surface area contributed by atoms with Crippen LogP contribution < -0.4 is 5.32 Å². The van der Waals surface area contributed by atoms with Gasteiger partial charge in [0, 0.05) is 10.9 Å². The number of nitrogens with one attached hydrogen (secondary N) is 1. The second-order valence-electron chi connectivity index (χ2n) is 4.95. The summed E-state index contributed by atoms with van der Waals surface area (Å²) < 4.78 is 0. The average Bonchev–Trinajstić information content (AvgIpc) is 2.61. The minimum Gasteiger partial charge on any atom is -0.308 e. The Balaban J connectivity index is 1.96. The van der Waals surface area contributed by atoms with E-state index in [1.165, 1.54) is 32.2 Å². The fourth-order valence-electron chi connectivity index (χ4n) is 2.84. The molecule has 1 atom stereocenters. The minimum atomic E-state index is 0.556. The summed E-state index contributed by atoms with van der Waals surface area (Å²) >= 11 is 1.95. The van der Waals surface area contributed by atoms with Crippen molar-refractivity contribution in [3.63, 3.8) is 0 Å². The summed E-state index contributed by atoms with van der Waals surface area (Å²) in [6.07, 6.45) is 5.46. The van der Waals surface area contributed by atoms with E-state index in [1.807, 2.05) is 11.3 Å². The molecule has 0 radical (unpaired) electrons. The minimum absolute atomic E-state index is 0.556. The molecule has 2 aliphatic rings. The Hall–Kier alpha value is -0.340. The van der Waals surface area contributed by atoms with Gasteiger partial charge in [0.2, 0.25) is 0 Å². The quantitative estimate of drug-likeness (QED) is 0.746. The van der Waals surface area contributed by atoms with Crippen LogP contribution in [0.2, 0.25) is 0 Å². The molecule has 2 heteroatoms. The van der Waals surface area contributed by atoms with Crippen molar-refractivity contribution in [2.75, 3.05) is 6.54 Å². The van der Waals surface area contributed by atoms with Crippen molar-refractivity contribution >= 4 is 11.3 Å². The molecule has 0 spiro atoms. The topological polar surface area (TPSA) is 12.0 Å². The highest BCUT2D eigenvalue weighted by molar-refractivity contribution is 7.10. The van der Waals surface area contributed by atoms with E-state index in [-0.39, 0.29) is 0 Å². The number of rotatable bonds is 1. The van der Waals surface area contributed by atoms with Crippen molar-refractivity contribution in [1.29, 1.82) is 0 Å². The van der Waals surface area contributed by atoms with Gasteiger partial charge in [0.1, 0.15) is 0 Å². The first-order valence-electron chi connectivity index (χ1n) is 5.59. The van der Waals surface area contributed by atoms with Gasteiger partial charge in [-0.2, -0.15) is 0 Å². The molecule has 1 aromatic heterocycles. The molecule has 1 N–H and O–H groups in total. The van der Waals surface area contributed by atoms with Gasteiger partial charge in [0.25, 0.3) is 0 Å². The zero-order valence-electron chi connectivity index (χ0n) is 8.68. The van der Waals surface area contributed by atoms with Gasteiger partial charge in [-0.15, -0.1) is 11.3 Å². The van der Waals surface area contributed by atoms with Crippen LogP contribution in [0.15, 0.2) is 11.4 Å². The highest BCUT2D eigenvalue weighted by Crippen LogP contribution is 2.52. The lowest BCUT2D eigenvalue weighted by Crippen LogP contribution is -2.43. The molecule has 14 heavy (non-hydrogen) atoms. The molecular weight excluding hydrogens is 190 g/mol. The van der Waals surface area contributed by atoms with E-state index in [4.69, 9.17) is 0 Å². The van der Waals surface area contributed by atoms with E-state index in [1.54, 1.807) is 10.4 Å². The maximum Gasteiger partial charge on any atom is 0.0472 e. The number of thiophene rings is 1. The Morgan fingerprint density at radius 2 is 2.36 bits per heavy atom. The zero-order chi connectivity index (χ0) is 9.60. The van der Waals surface area contributed by atoms with E-state index in [0.717, 1.165) is 0 Å². The highest BCUT2D eigenvalue weighted by atomic mass is 32.1. The molecule has 1 aliphatic carbocycles. The standard InChI is InChI=1S/C12H17NS/c1-12(5-2-6-12)11-10-9(3-7-13-11)4-8-14-10/h4,8,11,13H,2-3,5-7H2,1H3. The average molecular weight is 207 g/mol. The maximum absolute atomic E-state index is 3.71. The number of hydrogen-bond acceptors (Lipinski definition) is 2. The van der Waals surface area contributed by atoms with Crippen LogP contribution in [-0.4, -0.2) is 6.54 Å². The third-order valence-electron chi connectivity index (χ3n) is 3.98. The van der Waals surface area contributed by atoms with Crippen LogP contribution in [0.1, 0.15) is 42.7 Å². The first-order chi connectivity index (χ1) is 6.80. The smallest absolute Gasteiger partial charge is 0.0472 e. The molecule has 1 aliphatic heterocycles. The maximum atomic E-state index is 3.71. The van der Waals surface area contributed by atoms with E-state index >= 15 is 0 Å². The summed E-state index contributed by atoms with van der Waals surface area (Å²) in [6, 6.07) is 2.97. The molecule has 0 aromatic carbocycles. The molecule has 3 rings (SSSR count). The van der Waals surface area contributed by atoms with E-state index in [9.17, 15) is 0 Å². The van der Waals surface area contributed by atoms with Crippen molar-refractivity contribution in [2.45, 2.75) is 38.6 Å². The molecule has 1 saturated carbocycles. The van der Waals surface area contributed by atoms with Crippen LogP contribution in [0.3, 0.4) is 0 Å². The molecule has 0 saturated heterocycles. The molecule has 0 bridgehead atoms. The van der Waals surface area contributed by atoms with E-state index in [2.05, 4.69) is 23.7 Å². The van der Waals surface area contributed by atoms with Crippen LogP contribution in [0.5, 0.6) is 0 Å². The Morgan fingerprint density at radius 3 is 3.07 bits per heavy atom. The Bertz CT molecular complexity index is 338. The van der Waals surface area contributed by atoms with Gasteiger partial charge < -0.3 is 5.32 Å². The fourth-order valence-corrected chi connectivity index (χ4v) is 4.04. The van der Waals surface area contributed by atoms with Gasteiger partial charge in [-0.3, -0.25) is 0 Å². The molecule has 0 amide bonds. The van der Waals surface area contributed by atoms with Crippen LogP contribution in [-0.2, 0) is 6.42 Å². The zero-order valence-corrected chi connectivity index (χ0v) is 9.49. The molecular formula is C12H17NS. The van der Waals surface area contributed by atoms with Gasteiger partial charge in [-0.1, -0.05) is 13.3 Å². The number of hydrogen-bond donors (Lipinski definition) is 1. The molecule has 1 aromatic rings. The summed E-state index contributed by atoms with van der Waals surface area (Å²) in [5.74, 6) is 0. The van der Waals surface area contributed by atoms with Crippen molar-refractivity contribution in [3.8, 4) is 0 Å². The first kappa shape index (κ1) is 8.93. The van der Waals surface area contributed by atoms with Crippen molar-refractivity contribution < 1.29 is 0 Å². The summed E-state index contributed by atoms with van der Waals surface area (Å²) in [5.41, 5.74) is 2.16. The van der Waals surface area contributed by atoms with Gasteiger partial charge in [-0.25, -0.2) is 0 Å². The normalized spacial score (nSPS) is 29.4. The Kier molecular flexibility index (Phi) is 1.96. The lowest BCUT2D eigenvalue weighted by Gasteiger charge is -2.46. The van der Waals surface area contributed by atoms with Crippen LogP contribution in [0.25, 0.3) is 0 Å². The van der Waals surface area contributed by atoms with Crippen LogP contribution >= 0.6 is 11.3 Å². The second-order valence-corrected chi connectivity index (χ2v) is 5.90. The monoisotopic (exact) mass is 207 g/mol. The molecule has 1 fully saturated rings. The summed E-state index contributed by atoms with van der Waals surface area (Å²) in [6.45, 7) is 3.62. The van der Waals surface area contributed by atoms with Gasteiger partial charge in [0.05, 0.1) is 0 Å². The predicted octanol–water partition coefficient (Wildman–Crippen LogP) is 3.13. The van der Waals surface area contributed by atoms with Crippen molar-refractivity contribution in [3.05, 3.63) is 21.9 Å². The van der Waals surface area contributed by atoms with E-state index < -0.39 is 0 Å². The third kappa shape index (κ3) is 1.17. The molecule has 2 heterocycles. The summed E-state index contributed by atoms with van der Waals surface area (Å²) in [4.78, 5) is 1.62. The Labute approximate surface area is 89.5 Å². The van der Waals surface area contributed by atoms with Crippen molar-refractivity contribution in [2.24, 2.45) is 5.41 Å². The second kappa shape index (κ2) is 3.07. The summed E-state index contributed by atoms with van der Waals surface area (Å²) in [5, 5.41) is 5.97. The lowest BCUT2D eigenvalue weighted by molar-refractivity contribution is 0.0954. The first-order valence-corrected chi connectivity index (χ1v) is 6.47. The van der Waals surface area contributed by atoms with Gasteiger partial charge in [-0.05, 0) is 48.2 Å². The number of fused-ring (bicyclic) bond motifs is 1. The molecule has 76 valence electrons. The van der Waals surface area contributed by atoms with Gasteiger partial charge >= 0.3 is 0 Å². The Morgan fingerprint density at radius 1 is 1.50 bits per heavy atom. The SMILES string of the molecule is CC1(C2NCCc3ccsc32)CCC1. The highest BCUT2D eigenvalue weighted by Gasteiger charge is 2.42. The molecule has 1 nitrogen and oxygen atoms in total. The van der Waals surface area contributed by atoms with Crippen LogP contribution in [0.4, 0.5) is 0 Å². The lowest BCUT2D eigenvalue weighted by atomic mass is 9.64. The van der Waals surface area contributed by atoms with Crippen LogP contribution in [0, 0.1) is 5.41 Å². The van der Waals surface area contributed by atoms with E-state index in [0.29, 0.717) is 11.5 Å². The summed E-state index contributed by atoms with van der Waals surface area (Å²) in [7, 11) is 0. The third-order valence-corrected chi connectivity index (χ3v) is 5.00. The van der Waals surface area contributed by atoms with Crippen molar-refractivity contribution in [1.82, 2.24) is 5.32 Å². The van der Waals surface area contributed by atoms with Gasteiger partial charge in [0.15, 0.2) is 0 Å². The molecule has 1 unspecified atom stereocenters.